The van der Waals surface area contributed by atoms with Crippen molar-refractivity contribution < 1.29 is 24.2 Å². The van der Waals surface area contributed by atoms with Gasteiger partial charge in [0.15, 0.2) is 6.10 Å². The molecule has 0 aliphatic rings. The molecule has 0 aliphatic heterocycles. The van der Waals surface area contributed by atoms with E-state index < -0.39 is 6.10 Å². The molecule has 0 aromatic heterocycles. The number of esters is 2. The van der Waals surface area contributed by atoms with E-state index in [4.69, 9.17) is 9.47 Å². The van der Waals surface area contributed by atoms with Crippen LogP contribution in [0.4, 0.5) is 0 Å². The van der Waals surface area contributed by atoms with Gasteiger partial charge in [0.25, 0.3) is 0 Å². The lowest BCUT2D eigenvalue weighted by Gasteiger charge is -2.15. The Balaban J connectivity index is 3.49. The van der Waals surface area contributed by atoms with Crippen molar-refractivity contribution in [2.24, 2.45) is 0 Å². The molecular formula is C65H114O5. The number of carbonyl (C=O) groups excluding carboxylic acids is 2. The average Bonchev–Trinajstić information content (AvgIpc) is 3.36. The minimum absolute atomic E-state index is 0.0685. The molecule has 0 aliphatic carbocycles. The Kier molecular flexibility index (Phi) is 57.9. The fourth-order valence-corrected chi connectivity index (χ4v) is 8.67. The predicted octanol–water partition coefficient (Wildman–Crippen LogP) is 20.5. The van der Waals surface area contributed by atoms with Crippen molar-refractivity contribution >= 4 is 11.9 Å². The molecule has 0 heterocycles. The molecule has 1 unspecified atom stereocenters. The van der Waals surface area contributed by atoms with E-state index in [2.05, 4.69) is 98.9 Å². The zero-order valence-electron chi connectivity index (χ0n) is 46.3. The Hall–Kier alpha value is -2.92. The first kappa shape index (κ1) is 67.1. The van der Waals surface area contributed by atoms with E-state index in [9.17, 15) is 14.7 Å². The third-order valence-electron chi connectivity index (χ3n) is 13.2. The highest BCUT2D eigenvalue weighted by atomic mass is 16.6. The molecule has 70 heavy (non-hydrogen) atoms. The Morgan fingerprint density at radius 2 is 0.614 bits per heavy atom. The lowest BCUT2D eigenvalue weighted by Crippen LogP contribution is -2.28. The number of rotatable bonds is 55. The largest absolute Gasteiger partial charge is 0.462 e. The lowest BCUT2D eigenvalue weighted by atomic mass is 10.0. The summed E-state index contributed by atoms with van der Waals surface area (Å²) in [6.45, 7) is 4.05. The van der Waals surface area contributed by atoms with Crippen molar-refractivity contribution in [3.63, 3.8) is 0 Å². The van der Waals surface area contributed by atoms with Gasteiger partial charge in [-0.15, -0.1) is 0 Å². The zero-order chi connectivity index (χ0) is 50.6. The van der Waals surface area contributed by atoms with Crippen LogP contribution in [0.25, 0.3) is 0 Å². The molecule has 0 fully saturated rings. The number of aliphatic hydroxyl groups excluding tert-OH is 1. The van der Waals surface area contributed by atoms with E-state index >= 15 is 0 Å². The summed E-state index contributed by atoms with van der Waals surface area (Å²) < 4.78 is 10.7. The monoisotopic (exact) mass is 975 g/mol. The number of hydrogen-bond acceptors (Lipinski definition) is 5. The Morgan fingerprint density at radius 1 is 0.343 bits per heavy atom. The maximum Gasteiger partial charge on any atom is 0.306 e. The van der Waals surface area contributed by atoms with Gasteiger partial charge in [-0.2, -0.15) is 0 Å². The van der Waals surface area contributed by atoms with E-state index in [1.165, 1.54) is 193 Å². The van der Waals surface area contributed by atoms with Crippen LogP contribution in [-0.4, -0.2) is 36.4 Å². The topological polar surface area (TPSA) is 72.8 Å². The van der Waals surface area contributed by atoms with E-state index in [0.717, 1.165) is 77.0 Å². The minimum atomic E-state index is -0.779. The normalized spacial score (nSPS) is 12.8. The highest BCUT2D eigenvalue weighted by Gasteiger charge is 2.16. The number of allylic oxidation sites excluding steroid dienone is 14. The quantitative estimate of drug-likeness (QED) is 0.0373. The Bertz CT molecular complexity index is 1290. The van der Waals surface area contributed by atoms with Crippen molar-refractivity contribution in [2.75, 3.05) is 13.2 Å². The van der Waals surface area contributed by atoms with Gasteiger partial charge in [0.05, 0.1) is 6.61 Å². The molecule has 0 radical (unpaired) electrons. The molecule has 5 heteroatoms. The average molecular weight is 976 g/mol. The lowest BCUT2D eigenvalue weighted by molar-refractivity contribution is -0.161. The highest BCUT2D eigenvalue weighted by molar-refractivity contribution is 5.70. The summed E-state index contributed by atoms with van der Waals surface area (Å²) in [5.74, 6) is -0.588. The van der Waals surface area contributed by atoms with Gasteiger partial charge in [-0.25, -0.2) is 0 Å². The van der Waals surface area contributed by atoms with E-state index in [1.807, 2.05) is 0 Å². The second-order valence-corrected chi connectivity index (χ2v) is 20.0. The molecule has 5 nitrogen and oxygen atoms in total. The van der Waals surface area contributed by atoms with Crippen LogP contribution in [0.1, 0.15) is 296 Å². The van der Waals surface area contributed by atoms with Gasteiger partial charge in [0.1, 0.15) is 6.61 Å². The van der Waals surface area contributed by atoms with Crippen molar-refractivity contribution in [1.82, 2.24) is 0 Å². The van der Waals surface area contributed by atoms with Crippen molar-refractivity contribution in [3.8, 4) is 0 Å². The second kappa shape index (κ2) is 60.4. The van der Waals surface area contributed by atoms with E-state index in [-0.39, 0.29) is 25.2 Å². The molecule has 0 saturated heterocycles. The van der Waals surface area contributed by atoms with Crippen LogP contribution in [0.5, 0.6) is 0 Å². The smallest absolute Gasteiger partial charge is 0.306 e. The molecule has 0 amide bonds. The molecule has 1 N–H and O–H groups in total. The standard InChI is InChI=1S/C65H114O5/c1-3-5-7-9-11-13-15-17-19-21-23-25-27-29-31-32-34-36-38-40-42-44-46-48-50-52-54-56-58-60-65(68)70-63(61-66)62-69-64(67)59-57-55-53-51-49-47-45-43-41-39-37-35-33-30-28-26-24-22-20-18-16-14-12-10-8-6-4-2/h5,7,11,13,17,19,22-25,29,31,34,36,63,66H,3-4,6,8-10,12,14-16,18,20-21,26-28,30,32-33,35,37-62H2,1-2H3/b7-5-,13-11-,19-17-,24-22-,25-23-,31-29-,36-34-. The summed E-state index contributed by atoms with van der Waals surface area (Å²) in [4.78, 5) is 24.6. The van der Waals surface area contributed by atoms with Crippen LogP contribution in [0, 0.1) is 0 Å². The first-order valence-corrected chi connectivity index (χ1v) is 30.1. The fourth-order valence-electron chi connectivity index (χ4n) is 8.67. The maximum absolute atomic E-state index is 12.3. The van der Waals surface area contributed by atoms with Crippen molar-refractivity contribution in [2.45, 2.75) is 302 Å². The molecule has 0 bridgehead atoms. The van der Waals surface area contributed by atoms with Gasteiger partial charge in [0.2, 0.25) is 0 Å². The maximum atomic E-state index is 12.3. The van der Waals surface area contributed by atoms with Crippen LogP contribution in [0.15, 0.2) is 85.1 Å². The molecule has 404 valence electrons. The van der Waals surface area contributed by atoms with Gasteiger partial charge in [0, 0.05) is 12.8 Å². The predicted molar refractivity (Wildman–Crippen MR) is 306 cm³/mol. The van der Waals surface area contributed by atoms with Gasteiger partial charge >= 0.3 is 11.9 Å². The number of ether oxygens (including phenoxy) is 2. The summed E-state index contributed by atoms with van der Waals surface area (Å²) in [5.41, 5.74) is 0. The van der Waals surface area contributed by atoms with Gasteiger partial charge in [-0.05, 0) is 89.9 Å². The second-order valence-electron chi connectivity index (χ2n) is 20.0. The van der Waals surface area contributed by atoms with Gasteiger partial charge in [-0.3, -0.25) is 9.59 Å². The van der Waals surface area contributed by atoms with Crippen molar-refractivity contribution in [1.29, 1.82) is 0 Å². The summed E-state index contributed by atoms with van der Waals surface area (Å²) >= 11 is 0. The first-order chi connectivity index (χ1) is 34.6. The SMILES string of the molecule is CC/C=C\C/C=C\C/C=C\C/C=C\C/C=C\C/C=C\CCCCCCCCCCCCC(=O)OC(CO)COC(=O)CCCCCCCCCCCCCCCCC/C=C\CCCCCCCCCC. The Labute approximate surface area is 435 Å². The molecule has 0 aromatic rings. The number of aliphatic hydroxyl groups is 1. The summed E-state index contributed by atoms with van der Waals surface area (Å²) in [6.07, 6.45) is 84.2. The number of carbonyl (C=O) groups is 2. The summed E-state index contributed by atoms with van der Waals surface area (Å²) in [7, 11) is 0. The first-order valence-electron chi connectivity index (χ1n) is 30.1. The molecule has 0 saturated carbocycles. The van der Waals surface area contributed by atoms with E-state index in [1.54, 1.807) is 0 Å². The van der Waals surface area contributed by atoms with Crippen LogP contribution >= 0.6 is 0 Å². The van der Waals surface area contributed by atoms with Gasteiger partial charge < -0.3 is 14.6 Å². The fraction of sp³-hybridized carbons (Fsp3) is 0.754. The molecule has 0 spiro atoms. The van der Waals surface area contributed by atoms with Crippen LogP contribution in [-0.2, 0) is 19.1 Å². The van der Waals surface area contributed by atoms with Crippen LogP contribution in [0.3, 0.4) is 0 Å². The molecule has 1 atom stereocenters. The summed E-state index contributed by atoms with van der Waals surface area (Å²) in [5, 5.41) is 9.67. The van der Waals surface area contributed by atoms with Crippen LogP contribution < -0.4 is 0 Å². The third-order valence-corrected chi connectivity index (χ3v) is 13.2. The number of unbranched alkanes of at least 4 members (excludes halogenated alkanes) is 33. The Morgan fingerprint density at radius 3 is 0.943 bits per heavy atom. The molecule has 0 aromatic carbocycles. The number of hydrogen-bond donors (Lipinski definition) is 1. The van der Waals surface area contributed by atoms with Gasteiger partial charge in [-0.1, -0.05) is 279 Å². The van der Waals surface area contributed by atoms with E-state index in [0.29, 0.717) is 12.8 Å². The zero-order valence-corrected chi connectivity index (χ0v) is 46.3. The third kappa shape index (κ3) is 57.7. The molecule has 0 rings (SSSR count). The molecular weight excluding hydrogens is 861 g/mol. The van der Waals surface area contributed by atoms with Crippen molar-refractivity contribution in [3.05, 3.63) is 85.1 Å². The van der Waals surface area contributed by atoms with Crippen LogP contribution in [0.2, 0.25) is 0 Å². The highest BCUT2D eigenvalue weighted by Crippen LogP contribution is 2.16. The minimum Gasteiger partial charge on any atom is -0.462 e. The summed E-state index contributed by atoms with van der Waals surface area (Å²) in [6, 6.07) is 0.